The normalized spacial score (nSPS) is 59.6. The highest BCUT2D eigenvalue weighted by Crippen LogP contribution is 2.88. The molecule has 6 fully saturated rings. The van der Waals surface area contributed by atoms with Gasteiger partial charge in [0.25, 0.3) is 0 Å². The first-order chi connectivity index (χ1) is 16.1. The van der Waals surface area contributed by atoms with Crippen LogP contribution in [0.1, 0.15) is 93.4 Å². The van der Waals surface area contributed by atoms with Crippen LogP contribution in [0.15, 0.2) is 11.6 Å². The number of carbonyl (C=O) groups excluding carboxylic acids is 1. The van der Waals surface area contributed by atoms with Gasteiger partial charge in [0.2, 0.25) is 0 Å². The van der Waals surface area contributed by atoms with Gasteiger partial charge in [0.1, 0.15) is 18.0 Å². The highest BCUT2D eigenvalue weighted by molar-refractivity contribution is 5.86. The monoisotopic (exact) mass is 484 g/mol. The lowest BCUT2D eigenvalue weighted by Crippen LogP contribution is -2.55. The molecule has 2 N–H and O–H groups in total. The third-order valence-electron chi connectivity index (χ3n) is 13.3. The van der Waals surface area contributed by atoms with Gasteiger partial charge in [-0.25, -0.2) is 0 Å². The molecular weight excluding hydrogens is 440 g/mol. The lowest BCUT2D eigenvalue weighted by atomic mass is 9.45. The molecule has 0 radical (unpaired) electrons. The summed E-state index contributed by atoms with van der Waals surface area (Å²) >= 11 is 0. The second-order valence-corrected chi connectivity index (χ2v) is 15.2. The van der Waals surface area contributed by atoms with E-state index in [9.17, 15) is 15.0 Å². The van der Waals surface area contributed by atoms with Crippen LogP contribution in [0.25, 0.3) is 0 Å². The summed E-state index contributed by atoms with van der Waals surface area (Å²) in [4.78, 5) is 12.9. The highest BCUT2D eigenvalue weighted by Gasteiger charge is 2.86. The molecular formula is C30H44O5. The first kappa shape index (κ1) is 23.4. The van der Waals surface area contributed by atoms with Gasteiger partial charge in [-0.1, -0.05) is 46.3 Å². The van der Waals surface area contributed by atoms with Gasteiger partial charge in [0, 0.05) is 23.2 Å². The van der Waals surface area contributed by atoms with Gasteiger partial charge in [-0.3, -0.25) is 4.79 Å². The molecule has 4 saturated carbocycles. The number of aliphatic hydroxyl groups is 2. The maximum Gasteiger partial charge on any atom is 0.199 e. The summed E-state index contributed by atoms with van der Waals surface area (Å²) in [6, 6.07) is 0. The molecule has 5 aliphatic carbocycles. The van der Waals surface area contributed by atoms with E-state index in [1.54, 1.807) is 13.8 Å². The van der Waals surface area contributed by atoms with Gasteiger partial charge in [-0.05, 0) is 80.5 Å². The minimum absolute atomic E-state index is 0.0775. The van der Waals surface area contributed by atoms with E-state index in [-0.39, 0.29) is 33.7 Å². The molecule has 7 aliphatic rings. The number of rotatable bonds is 1. The molecule has 0 aromatic heterocycles. The molecule has 2 saturated heterocycles. The Hall–Kier alpha value is -0.750. The Morgan fingerprint density at radius 1 is 1.09 bits per heavy atom. The first-order valence-electron chi connectivity index (χ1n) is 14.1. The van der Waals surface area contributed by atoms with Crippen molar-refractivity contribution in [3.8, 4) is 0 Å². The number of fused-ring (bicyclic) bond motifs is 4. The molecule has 194 valence electrons. The molecule has 0 aromatic carbocycles. The maximum absolute atomic E-state index is 12.9. The molecule has 7 rings (SSSR count). The van der Waals surface area contributed by atoms with Crippen LogP contribution < -0.4 is 0 Å². The second-order valence-electron chi connectivity index (χ2n) is 15.2. The smallest absolute Gasteiger partial charge is 0.199 e. The fourth-order valence-corrected chi connectivity index (χ4v) is 11.7. The quantitative estimate of drug-likeness (QED) is 0.524. The van der Waals surface area contributed by atoms with Crippen LogP contribution in [-0.4, -0.2) is 45.7 Å². The zero-order valence-electron chi connectivity index (χ0n) is 22.6. The molecule has 11 atom stereocenters. The van der Waals surface area contributed by atoms with Crippen LogP contribution in [0.2, 0.25) is 0 Å². The van der Waals surface area contributed by atoms with Crippen LogP contribution in [-0.2, 0) is 14.3 Å². The Morgan fingerprint density at radius 2 is 1.80 bits per heavy atom. The average molecular weight is 485 g/mol. The van der Waals surface area contributed by atoms with Crippen molar-refractivity contribution in [2.75, 3.05) is 0 Å². The van der Waals surface area contributed by atoms with Crippen molar-refractivity contribution in [3.05, 3.63) is 11.6 Å². The van der Waals surface area contributed by atoms with E-state index in [0.29, 0.717) is 24.0 Å². The molecule has 35 heavy (non-hydrogen) atoms. The van der Waals surface area contributed by atoms with Gasteiger partial charge in [0.05, 0.1) is 11.7 Å². The number of hydrogen-bond donors (Lipinski definition) is 2. The van der Waals surface area contributed by atoms with E-state index >= 15 is 0 Å². The summed E-state index contributed by atoms with van der Waals surface area (Å²) in [5.74, 6) is 0.175. The number of Topliss-reactive ketones (excluding diaryl/α,β-unsaturated/α-hetero) is 1. The standard InChI is InChI=1S/C30H44O5/c1-16-14-17-22(25(4,5)33)35-30(34-17)21(16)26(6)12-13-29-15-28(29)11-10-20(31)24(2,3)18(28)8-9-19(29)27(26,7)23(30)32/h9,16-18,21-23,32-33H,8,10-15H2,1-7H3/t16-,17-,18-,21-,22-,23-,26-,27-,28-,29+,30-/m1/s1. The van der Waals surface area contributed by atoms with Crippen LogP contribution in [0.3, 0.4) is 0 Å². The molecule has 0 amide bonds. The fourth-order valence-electron chi connectivity index (χ4n) is 11.7. The van der Waals surface area contributed by atoms with Crippen molar-refractivity contribution in [2.24, 2.45) is 44.8 Å². The SMILES string of the molecule is C[C@@H]1C[C@H]2O[C@@]3(O[C@H]2C(C)(C)O)[C@H]1[C@@]1(C)CC[C@@]24C[C@@]25CCC(=O)C(C)(C)[C@H]5CC=C4[C@]1(C)[C@H]3O. The van der Waals surface area contributed by atoms with E-state index in [1.165, 1.54) is 5.57 Å². The molecule has 5 nitrogen and oxygen atoms in total. The highest BCUT2D eigenvalue weighted by atomic mass is 16.8. The second kappa shape index (κ2) is 6.11. The van der Waals surface area contributed by atoms with Crippen LogP contribution in [0.5, 0.6) is 0 Å². The molecule has 2 aliphatic heterocycles. The lowest BCUT2D eigenvalue weighted by Gasteiger charge is -2.59. The Balaban J connectivity index is 1.37. The number of carbonyl (C=O) groups is 1. The van der Waals surface area contributed by atoms with Crippen molar-refractivity contribution in [2.45, 2.75) is 123 Å². The van der Waals surface area contributed by atoms with Gasteiger partial charge in [-0.15, -0.1) is 0 Å². The third-order valence-corrected chi connectivity index (χ3v) is 13.3. The predicted molar refractivity (Wildman–Crippen MR) is 131 cm³/mol. The van der Waals surface area contributed by atoms with Crippen molar-refractivity contribution < 1.29 is 24.5 Å². The summed E-state index contributed by atoms with van der Waals surface area (Å²) < 4.78 is 13.5. The Morgan fingerprint density at radius 3 is 2.49 bits per heavy atom. The maximum atomic E-state index is 12.9. The number of ketones is 1. The molecule has 3 spiro atoms. The third kappa shape index (κ3) is 2.21. The molecule has 2 heterocycles. The van der Waals surface area contributed by atoms with Crippen LogP contribution in [0.4, 0.5) is 0 Å². The van der Waals surface area contributed by atoms with Crippen LogP contribution >= 0.6 is 0 Å². The van der Waals surface area contributed by atoms with Gasteiger partial charge < -0.3 is 19.7 Å². The molecule has 0 unspecified atom stereocenters. The van der Waals surface area contributed by atoms with Crippen molar-refractivity contribution in [3.63, 3.8) is 0 Å². The summed E-state index contributed by atoms with van der Waals surface area (Å²) in [5, 5.41) is 23.4. The van der Waals surface area contributed by atoms with Crippen molar-refractivity contribution >= 4 is 5.78 Å². The van der Waals surface area contributed by atoms with E-state index in [2.05, 4.69) is 40.7 Å². The van der Waals surface area contributed by atoms with Crippen molar-refractivity contribution in [1.82, 2.24) is 0 Å². The fraction of sp³-hybridized carbons (Fsp3) is 0.900. The van der Waals surface area contributed by atoms with E-state index in [1.807, 2.05) is 0 Å². The van der Waals surface area contributed by atoms with Crippen molar-refractivity contribution in [1.29, 1.82) is 0 Å². The largest absolute Gasteiger partial charge is 0.388 e. The van der Waals surface area contributed by atoms with Gasteiger partial charge in [-0.2, -0.15) is 0 Å². The minimum Gasteiger partial charge on any atom is -0.388 e. The summed E-state index contributed by atoms with van der Waals surface area (Å²) in [6.07, 6.45) is 7.86. The summed E-state index contributed by atoms with van der Waals surface area (Å²) in [5.41, 5.74) is -0.163. The molecule has 0 aromatic rings. The zero-order chi connectivity index (χ0) is 25.2. The van der Waals surface area contributed by atoms with E-state index in [4.69, 9.17) is 9.47 Å². The Bertz CT molecular complexity index is 1060. The zero-order valence-corrected chi connectivity index (χ0v) is 22.6. The number of aliphatic hydroxyl groups excluding tert-OH is 1. The predicted octanol–water partition coefficient (Wildman–Crippen LogP) is 4.79. The first-order valence-corrected chi connectivity index (χ1v) is 14.1. The van der Waals surface area contributed by atoms with Gasteiger partial charge >= 0.3 is 0 Å². The summed E-state index contributed by atoms with van der Waals surface area (Å²) in [6.45, 7) is 14.9. The summed E-state index contributed by atoms with van der Waals surface area (Å²) in [7, 11) is 0. The Labute approximate surface area is 210 Å². The van der Waals surface area contributed by atoms with Crippen LogP contribution in [0, 0.1) is 44.8 Å². The molecule has 5 heteroatoms. The van der Waals surface area contributed by atoms with Gasteiger partial charge in [0.15, 0.2) is 5.79 Å². The number of allylic oxidation sites excluding steroid dienone is 1. The average Bonchev–Trinajstić information content (AvgIpc) is 3.28. The van der Waals surface area contributed by atoms with E-state index < -0.39 is 29.0 Å². The number of ether oxygens (including phenoxy) is 2. The lowest BCUT2D eigenvalue weighted by molar-refractivity contribution is -0.279. The van der Waals surface area contributed by atoms with E-state index in [0.717, 1.165) is 38.5 Å². The Kier molecular flexibility index (Phi) is 4.08. The molecule has 2 bridgehead atoms. The topological polar surface area (TPSA) is 76.0 Å². The minimum atomic E-state index is -1.07. The number of hydrogen-bond acceptors (Lipinski definition) is 5.